The van der Waals surface area contributed by atoms with Gasteiger partial charge in [-0.05, 0) is 37.0 Å². The smallest absolute Gasteiger partial charge is 0.211 e. The maximum Gasteiger partial charge on any atom is 0.211 e. The summed E-state index contributed by atoms with van der Waals surface area (Å²) >= 11 is 0. The molecule has 140 valence electrons. The van der Waals surface area contributed by atoms with Crippen LogP contribution in [0.5, 0.6) is 0 Å². The highest BCUT2D eigenvalue weighted by molar-refractivity contribution is 7.88. The number of guanidine groups is 1. The molecule has 9 heteroatoms. The molecule has 0 radical (unpaired) electrons. The summed E-state index contributed by atoms with van der Waals surface area (Å²) in [5.74, 6) is -0.132. The van der Waals surface area contributed by atoms with Gasteiger partial charge in [-0.2, -0.15) is 0 Å². The van der Waals surface area contributed by atoms with E-state index in [0.717, 1.165) is 31.0 Å². The largest absolute Gasteiger partial charge is 0.356 e. The van der Waals surface area contributed by atoms with E-state index in [4.69, 9.17) is 0 Å². The molecule has 1 aromatic rings. The Morgan fingerprint density at radius 2 is 1.96 bits per heavy atom. The molecule has 0 atom stereocenters. The van der Waals surface area contributed by atoms with Gasteiger partial charge in [0.25, 0.3) is 0 Å². The molecule has 1 fully saturated rings. The highest BCUT2D eigenvalue weighted by atomic mass is 32.2. The number of nitrogens with one attached hydrogen (secondary N) is 2. The van der Waals surface area contributed by atoms with Crippen LogP contribution in [0.3, 0.4) is 0 Å². The third-order valence-corrected chi connectivity index (χ3v) is 5.58. The lowest BCUT2D eigenvalue weighted by molar-refractivity contribution is 0.275. The lowest BCUT2D eigenvalue weighted by Gasteiger charge is -2.30. The average Bonchev–Trinajstić information content (AvgIpc) is 2.57. The summed E-state index contributed by atoms with van der Waals surface area (Å²) in [4.78, 5) is 4.07. The Morgan fingerprint density at radius 1 is 1.28 bits per heavy atom. The first-order chi connectivity index (χ1) is 11.8. The summed E-state index contributed by atoms with van der Waals surface area (Å²) in [5.41, 5.74) is 0.226. The summed E-state index contributed by atoms with van der Waals surface area (Å²) in [7, 11) is -1.52. The molecule has 25 heavy (non-hydrogen) atoms. The summed E-state index contributed by atoms with van der Waals surface area (Å²) in [5, 5.41) is 6.10. The van der Waals surface area contributed by atoms with Gasteiger partial charge < -0.3 is 10.6 Å². The number of halogens is 2. The van der Waals surface area contributed by atoms with E-state index in [2.05, 4.69) is 15.6 Å². The number of hydrogen-bond acceptors (Lipinski definition) is 3. The molecule has 2 N–H and O–H groups in total. The number of benzene rings is 1. The van der Waals surface area contributed by atoms with Gasteiger partial charge in [0.15, 0.2) is 5.96 Å². The second kappa shape index (κ2) is 8.57. The average molecular weight is 374 g/mol. The first-order valence-corrected chi connectivity index (χ1v) is 9.98. The summed E-state index contributed by atoms with van der Waals surface area (Å²) in [6.45, 7) is 1.80. The third-order valence-electron chi connectivity index (χ3n) is 4.28. The molecule has 0 spiro atoms. The van der Waals surface area contributed by atoms with Gasteiger partial charge in [-0.1, -0.05) is 0 Å². The maximum absolute atomic E-state index is 13.6. The molecule has 6 nitrogen and oxygen atoms in total. The predicted molar refractivity (Wildman–Crippen MR) is 93.7 cm³/mol. The van der Waals surface area contributed by atoms with Gasteiger partial charge >= 0.3 is 0 Å². The van der Waals surface area contributed by atoms with E-state index in [0.29, 0.717) is 31.5 Å². The second-order valence-electron chi connectivity index (χ2n) is 6.15. The zero-order valence-corrected chi connectivity index (χ0v) is 15.2. The van der Waals surface area contributed by atoms with Crippen molar-refractivity contribution >= 4 is 16.0 Å². The molecule has 0 saturated carbocycles. The van der Waals surface area contributed by atoms with Crippen molar-refractivity contribution in [3.05, 3.63) is 35.4 Å². The molecule has 0 aromatic heterocycles. The molecule has 1 heterocycles. The van der Waals surface area contributed by atoms with Crippen LogP contribution in [0.2, 0.25) is 0 Å². The van der Waals surface area contributed by atoms with E-state index in [1.165, 1.54) is 10.6 Å². The summed E-state index contributed by atoms with van der Waals surface area (Å²) in [6, 6.07) is 3.32. The van der Waals surface area contributed by atoms with E-state index < -0.39 is 21.7 Å². The van der Waals surface area contributed by atoms with Gasteiger partial charge in [-0.15, -0.1) is 0 Å². The quantitative estimate of drug-likeness (QED) is 0.602. The lowest BCUT2D eigenvalue weighted by atomic mass is 9.98. The Labute approximate surface area is 147 Å². The lowest BCUT2D eigenvalue weighted by Crippen LogP contribution is -2.43. The van der Waals surface area contributed by atoms with Crippen molar-refractivity contribution in [3.8, 4) is 0 Å². The molecule has 1 aliphatic rings. The zero-order valence-electron chi connectivity index (χ0n) is 14.4. The third kappa shape index (κ3) is 5.93. The zero-order chi connectivity index (χ0) is 18.4. The van der Waals surface area contributed by atoms with Crippen LogP contribution in [0.25, 0.3) is 0 Å². The van der Waals surface area contributed by atoms with Crippen molar-refractivity contribution in [2.24, 2.45) is 10.9 Å². The van der Waals surface area contributed by atoms with Crippen LogP contribution in [0.4, 0.5) is 8.78 Å². The van der Waals surface area contributed by atoms with E-state index in [9.17, 15) is 17.2 Å². The van der Waals surface area contributed by atoms with Crippen molar-refractivity contribution in [1.82, 2.24) is 14.9 Å². The number of sulfonamides is 1. The Kier molecular flexibility index (Phi) is 6.71. The van der Waals surface area contributed by atoms with E-state index in [1.54, 1.807) is 7.05 Å². The molecular weight excluding hydrogens is 350 g/mol. The Hall–Kier alpha value is -1.74. The molecule has 0 bridgehead atoms. The fourth-order valence-electron chi connectivity index (χ4n) is 2.76. The van der Waals surface area contributed by atoms with Crippen molar-refractivity contribution < 1.29 is 17.2 Å². The van der Waals surface area contributed by atoms with Crippen molar-refractivity contribution in [1.29, 1.82) is 0 Å². The van der Waals surface area contributed by atoms with Crippen LogP contribution >= 0.6 is 0 Å². The van der Waals surface area contributed by atoms with Crippen LogP contribution in [0.15, 0.2) is 23.2 Å². The van der Waals surface area contributed by atoms with E-state index >= 15 is 0 Å². The predicted octanol–water partition coefficient (Wildman–Crippen LogP) is 1.30. The van der Waals surface area contributed by atoms with Gasteiger partial charge in [0, 0.05) is 38.8 Å². The molecule has 0 amide bonds. The highest BCUT2D eigenvalue weighted by Gasteiger charge is 2.24. The molecule has 2 rings (SSSR count). The first kappa shape index (κ1) is 19.6. The minimum atomic E-state index is -3.12. The monoisotopic (exact) mass is 374 g/mol. The van der Waals surface area contributed by atoms with Crippen molar-refractivity contribution in [3.63, 3.8) is 0 Å². The van der Waals surface area contributed by atoms with Crippen LogP contribution in [-0.2, 0) is 16.6 Å². The number of rotatable bonds is 5. The molecule has 0 aliphatic carbocycles. The number of nitrogens with zero attached hydrogens (tertiary/aromatic N) is 2. The topological polar surface area (TPSA) is 73.8 Å². The van der Waals surface area contributed by atoms with Gasteiger partial charge in [0.2, 0.25) is 10.0 Å². The van der Waals surface area contributed by atoms with Gasteiger partial charge in [0.1, 0.15) is 11.6 Å². The Balaban J connectivity index is 1.79. The SMILES string of the molecule is CN=C(NCc1cc(F)ccc1F)NCC1CCN(S(C)(=O)=O)CC1. The number of aliphatic imine (C=N–C) groups is 1. The second-order valence-corrected chi connectivity index (χ2v) is 8.13. The van der Waals surface area contributed by atoms with Crippen molar-refractivity contribution in [2.75, 3.05) is 32.9 Å². The van der Waals surface area contributed by atoms with Crippen LogP contribution in [-0.4, -0.2) is 51.6 Å². The van der Waals surface area contributed by atoms with E-state index in [1.807, 2.05) is 0 Å². The molecule has 1 aliphatic heterocycles. The minimum Gasteiger partial charge on any atom is -0.356 e. The van der Waals surface area contributed by atoms with Crippen molar-refractivity contribution in [2.45, 2.75) is 19.4 Å². The first-order valence-electron chi connectivity index (χ1n) is 8.13. The van der Waals surface area contributed by atoms with Gasteiger partial charge in [0.05, 0.1) is 6.26 Å². The highest BCUT2D eigenvalue weighted by Crippen LogP contribution is 2.18. The van der Waals surface area contributed by atoms with Crippen LogP contribution in [0.1, 0.15) is 18.4 Å². The van der Waals surface area contributed by atoms with Crippen LogP contribution in [0, 0.1) is 17.6 Å². The minimum absolute atomic E-state index is 0.121. The molecule has 1 saturated heterocycles. The molecular formula is C16H24F2N4O2S. The Bertz CT molecular complexity index is 717. The summed E-state index contributed by atoms with van der Waals surface area (Å²) in [6.07, 6.45) is 2.77. The van der Waals surface area contributed by atoms with Gasteiger partial charge in [-0.3, -0.25) is 4.99 Å². The molecule has 0 unspecified atom stereocenters. The summed E-state index contributed by atoms with van der Waals surface area (Å²) < 4.78 is 51.3. The van der Waals surface area contributed by atoms with E-state index in [-0.39, 0.29) is 12.1 Å². The van der Waals surface area contributed by atoms with Crippen LogP contribution < -0.4 is 10.6 Å². The molecule has 1 aromatic carbocycles. The standard InChI is InChI=1S/C16H24F2N4O2S/c1-19-16(21-11-13-9-14(17)3-4-15(13)18)20-10-12-5-7-22(8-6-12)25(2,23)24/h3-4,9,12H,5-8,10-11H2,1-2H3,(H2,19,20,21). The fourth-order valence-corrected chi connectivity index (χ4v) is 3.64. The number of hydrogen-bond donors (Lipinski definition) is 2. The fraction of sp³-hybridized carbons (Fsp3) is 0.562. The maximum atomic E-state index is 13.6. The number of piperidine rings is 1. The Morgan fingerprint density at radius 3 is 2.56 bits per heavy atom. The van der Waals surface area contributed by atoms with Gasteiger partial charge in [-0.25, -0.2) is 21.5 Å². The normalized spacial score (nSPS) is 17.5.